The second-order valence-corrected chi connectivity index (χ2v) is 9.10. The Morgan fingerprint density at radius 2 is 1.69 bits per heavy atom. The molecular formula is C27H23N3O5. The highest BCUT2D eigenvalue weighted by Crippen LogP contribution is 2.48. The number of nitro groups is 1. The lowest BCUT2D eigenvalue weighted by molar-refractivity contribution is -0.385. The molecule has 8 heteroatoms. The summed E-state index contributed by atoms with van der Waals surface area (Å²) in [6.07, 6.45) is 0.950. The van der Waals surface area contributed by atoms with Crippen LogP contribution in [0.5, 0.6) is 11.5 Å². The number of Topliss-reactive ketones (excluding diaryl/α,β-unsaturated/α-hetero) is 1. The Hall–Kier alpha value is -4.33. The molecule has 0 saturated heterocycles. The first-order valence-electron chi connectivity index (χ1n) is 11.5. The van der Waals surface area contributed by atoms with Gasteiger partial charge in [0.1, 0.15) is 0 Å². The van der Waals surface area contributed by atoms with Gasteiger partial charge in [0.25, 0.3) is 5.69 Å². The maximum atomic E-state index is 13.7. The Kier molecular flexibility index (Phi) is 4.95. The fourth-order valence-electron chi connectivity index (χ4n) is 5.14. The standard InChI is InChI=1S/C27H23N3O5/c1-15-6-8-16(9-7-15)17-10-21-26(23(31)11-17)27(29-20-5-3-2-4-19(20)28-21)18-12-24-25(35-14-34-24)13-22(18)30(32)33/h2-9,12-13,17,27-29H,10-11,14H2,1H3/t17-,27-/m1/s1. The molecule has 176 valence electrons. The second kappa shape index (κ2) is 8.16. The minimum atomic E-state index is -0.720. The molecule has 3 aromatic rings. The zero-order chi connectivity index (χ0) is 24.1. The molecule has 0 amide bonds. The van der Waals surface area contributed by atoms with Crippen molar-refractivity contribution in [2.45, 2.75) is 31.7 Å². The second-order valence-electron chi connectivity index (χ2n) is 9.10. The highest BCUT2D eigenvalue weighted by Gasteiger charge is 2.39. The number of nitrogens with one attached hydrogen (secondary N) is 2. The van der Waals surface area contributed by atoms with Crippen LogP contribution in [0.3, 0.4) is 0 Å². The van der Waals surface area contributed by atoms with Gasteiger partial charge in [-0.2, -0.15) is 0 Å². The molecule has 1 aliphatic carbocycles. The number of ether oxygens (including phenoxy) is 2. The number of allylic oxidation sites excluding steroid dienone is 1. The lowest BCUT2D eigenvalue weighted by atomic mass is 9.78. The van der Waals surface area contributed by atoms with Crippen LogP contribution in [0, 0.1) is 17.0 Å². The van der Waals surface area contributed by atoms with Gasteiger partial charge in [-0.3, -0.25) is 14.9 Å². The summed E-state index contributed by atoms with van der Waals surface area (Å²) >= 11 is 0. The number of anilines is 2. The van der Waals surface area contributed by atoms with Crippen molar-refractivity contribution < 1.29 is 19.2 Å². The van der Waals surface area contributed by atoms with Crippen molar-refractivity contribution in [1.29, 1.82) is 0 Å². The van der Waals surface area contributed by atoms with Gasteiger partial charge in [0.05, 0.1) is 34.0 Å². The lowest BCUT2D eigenvalue weighted by Crippen LogP contribution is -2.27. The van der Waals surface area contributed by atoms with Gasteiger partial charge in [0, 0.05) is 17.7 Å². The monoisotopic (exact) mass is 469 g/mol. The van der Waals surface area contributed by atoms with Crippen LogP contribution in [-0.2, 0) is 4.79 Å². The van der Waals surface area contributed by atoms with E-state index in [-0.39, 0.29) is 24.2 Å². The van der Waals surface area contributed by atoms with Crippen LogP contribution >= 0.6 is 0 Å². The number of nitro benzene ring substituents is 1. The van der Waals surface area contributed by atoms with E-state index in [0.717, 1.165) is 28.2 Å². The topological polar surface area (TPSA) is 103 Å². The summed E-state index contributed by atoms with van der Waals surface area (Å²) in [7, 11) is 0. The van der Waals surface area contributed by atoms with E-state index in [1.807, 2.05) is 31.2 Å². The molecule has 0 spiro atoms. The molecule has 6 rings (SSSR count). The van der Waals surface area contributed by atoms with E-state index >= 15 is 0 Å². The maximum Gasteiger partial charge on any atom is 0.279 e. The molecule has 2 aliphatic heterocycles. The van der Waals surface area contributed by atoms with Crippen LogP contribution in [0.15, 0.2) is 71.9 Å². The van der Waals surface area contributed by atoms with Gasteiger partial charge in [-0.25, -0.2) is 0 Å². The molecule has 2 heterocycles. The number of ketones is 1. The lowest BCUT2D eigenvalue weighted by Gasteiger charge is -2.30. The van der Waals surface area contributed by atoms with Gasteiger partial charge < -0.3 is 20.1 Å². The summed E-state index contributed by atoms with van der Waals surface area (Å²) in [4.78, 5) is 25.3. The molecule has 35 heavy (non-hydrogen) atoms. The summed E-state index contributed by atoms with van der Waals surface area (Å²) in [5.41, 5.74) is 5.40. The van der Waals surface area contributed by atoms with Crippen molar-refractivity contribution in [3.8, 4) is 11.5 Å². The number of fused-ring (bicyclic) bond motifs is 2. The molecule has 3 aliphatic rings. The minimum Gasteiger partial charge on any atom is -0.454 e. The average molecular weight is 469 g/mol. The van der Waals surface area contributed by atoms with Crippen LogP contribution in [-0.4, -0.2) is 17.5 Å². The third kappa shape index (κ3) is 3.67. The molecule has 0 radical (unpaired) electrons. The largest absolute Gasteiger partial charge is 0.454 e. The van der Waals surface area contributed by atoms with Gasteiger partial charge in [0.2, 0.25) is 6.79 Å². The maximum absolute atomic E-state index is 13.7. The number of rotatable bonds is 3. The van der Waals surface area contributed by atoms with Crippen molar-refractivity contribution in [3.63, 3.8) is 0 Å². The highest BCUT2D eigenvalue weighted by atomic mass is 16.7. The SMILES string of the molecule is Cc1ccc([C@H]2CC(=O)C3=C(C2)Nc2ccccc2N[C@@H]3c2cc3c(cc2[N+](=O)[O-])OCO3)cc1. The number of aryl methyl sites for hydroxylation is 1. The Balaban J connectivity index is 1.51. The number of hydrogen-bond acceptors (Lipinski definition) is 7. The van der Waals surface area contributed by atoms with Gasteiger partial charge in [0.15, 0.2) is 17.3 Å². The van der Waals surface area contributed by atoms with E-state index < -0.39 is 11.0 Å². The summed E-state index contributed by atoms with van der Waals surface area (Å²) < 4.78 is 10.9. The Morgan fingerprint density at radius 1 is 0.971 bits per heavy atom. The van der Waals surface area contributed by atoms with Gasteiger partial charge in [-0.05, 0) is 43.0 Å². The molecule has 0 bridgehead atoms. The zero-order valence-corrected chi connectivity index (χ0v) is 19.0. The fourth-order valence-corrected chi connectivity index (χ4v) is 5.14. The smallest absolute Gasteiger partial charge is 0.279 e. The minimum absolute atomic E-state index is 0.00350. The van der Waals surface area contributed by atoms with Crippen LogP contribution < -0.4 is 20.1 Å². The van der Waals surface area contributed by atoms with Crippen molar-refractivity contribution in [3.05, 3.63) is 98.7 Å². The van der Waals surface area contributed by atoms with Crippen LogP contribution in [0.2, 0.25) is 0 Å². The average Bonchev–Trinajstić information content (AvgIpc) is 3.24. The molecule has 2 N–H and O–H groups in total. The molecule has 2 atom stereocenters. The number of carbonyl (C=O) groups is 1. The van der Waals surface area contributed by atoms with Gasteiger partial charge >= 0.3 is 0 Å². The summed E-state index contributed by atoms with van der Waals surface area (Å²) in [5.74, 6) is 0.741. The van der Waals surface area contributed by atoms with Crippen molar-refractivity contribution >= 4 is 22.8 Å². The normalized spacial score (nSPS) is 20.3. The predicted octanol–water partition coefficient (Wildman–Crippen LogP) is 5.61. The van der Waals surface area contributed by atoms with Crippen molar-refractivity contribution in [2.24, 2.45) is 0 Å². The van der Waals surface area contributed by atoms with E-state index in [1.54, 1.807) is 6.07 Å². The number of nitrogens with zero attached hydrogens (tertiary/aromatic N) is 1. The molecule has 0 aromatic heterocycles. The number of benzene rings is 3. The van der Waals surface area contributed by atoms with Gasteiger partial charge in [-0.1, -0.05) is 42.0 Å². The first kappa shape index (κ1) is 21.2. The van der Waals surface area contributed by atoms with E-state index in [9.17, 15) is 14.9 Å². The molecule has 0 fully saturated rings. The summed E-state index contributed by atoms with van der Waals surface area (Å²) in [5, 5.41) is 19.0. The number of hydrogen-bond donors (Lipinski definition) is 2. The number of carbonyl (C=O) groups excluding carboxylic acids is 1. The third-order valence-electron chi connectivity index (χ3n) is 6.89. The van der Waals surface area contributed by atoms with Crippen molar-refractivity contribution in [1.82, 2.24) is 0 Å². The quantitative estimate of drug-likeness (QED) is 0.380. The summed E-state index contributed by atoms with van der Waals surface area (Å²) in [6, 6.07) is 18.2. The molecule has 0 saturated carbocycles. The van der Waals surface area contributed by atoms with E-state index in [4.69, 9.17) is 9.47 Å². The molecule has 8 nitrogen and oxygen atoms in total. The van der Waals surface area contributed by atoms with E-state index in [0.29, 0.717) is 35.5 Å². The first-order chi connectivity index (χ1) is 17.0. The third-order valence-corrected chi connectivity index (χ3v) is 6.89. The summed E-state index contributed by atoms with van der Waals surface area (Å²) in [6.45, 7) is 2.04. The Bertz CT molecular complexity index is 1400. The number of para-hydroxylation sites is 2. The van der Waals surface area contributed by atoms with Crippen molar-refractivity contribution in [2.75, 3.05) is 17.4 Å². The molecular weight excluding hydrogens is 446 g/mol. The van der Waals surface area contributed by atoms with Crippen LogP contribution in [0.1, 0.15) is 41.5 Å². The zero-order valence-electron chi connectivity index (χ0n) is 19.0. The van der Waals surface area contributed by atoms with Crippen LogP contribution in [0.4, 0.5) is 17.1 Å². The Morgan fingerprint density at radius 3 is 2.43 bits per heavy atom. The van der Waals surface area contributed by atoms with E-state index in [1.165, 1.54) is 6.07 Å². The van der Waals surface area contributed by atoms with E-state index in [2.05, 4.69) is 34.9 Å². The van der Waals surface area contributed by atoms with Crippen LogP contribution in [0.25, 0.3) is 0 Å². The fraction of sp³-hybridized carbons (Fsp3) is 0.222. The highest BCUT2D eigenvalue weighted by molar-refractivity contribution is 6.01. The first-order valence-corrected chi connectivity index (χ1v) is 11.5. The Labute approximate surface area is 201 Å². The predicted molar refractivity (Wildman–Crippen MR) is 131 cm³/mol. The molecule has 3 aromatic carbocycles. The van der Waals surface area contributed by atoms with Gasteiger partial charge in [-0.15, -0.1) is 0 Å². The molecule has 0 unspecified atom stereocenters.